The molecule has 0 spiro atoms. The summed E-state index contributed by atoms with van der Waals surface area (Å²) in [6.45, 7) is 1.42. The number of aromatic nitrogens is 1. The largest absolute Gasteiger partial charge is 0.478 e. The number of pyridine rings is 1. The highest BCUT2D eigenvalue weighted by atomic mass is 16.5. The lowest BCUT2D eigenvalue weighted by Crippen LogP contribution is -2.11. The van der Waals surface area contributed by atoms with Crippen molar-refractivity contribution in [2.45, 2.75) is 6.42 Å². The first-order valence-electron chi connectivity index (χ1n) is 6.77. The van der Waals surface area contributed by atoms with Crippen molar-refractivity contribution in [3.8, 4) is 0 Å². The molecular formula is C15H18N2O4. The van der Waals surface area contributed by atoms with Crippen LogP contribution in [-0.2, 0) is 4.74 Å². The van der Waals surface area contributed by atoms with Crippen molar-refractivity contribution in [2.75, 3.05) is 31.7 Å². The second-order valence-electron chi connectivity index (χ2n) is 4.49. The van der Waals surface area contributed by atoms with Gasteiger partial charge >= 0.3 is 5.97 Å². The summed E-state index contributed by atoms with van der Waals surface area (Å²) in [5.41, 5.74) is 1.49. The number of nitrogens with zero attached hydrogens (tertiary/aromatic N) is 1. The number of para-hydroxylation sites is 1. The van der Waals surface area contributed by atoms with Crippen LogP contribution in [0.5, 0.6) is 0 Å². The third-order valence-electron chi connectivity index (χ3n) is 3.01. The van der Waals surface area contributed by atoms with Gasteiger partial charge in [0.05, 0.1) is 24.4 Å². The monoisotopic (exact) mass is 290 g/mol. The van der Waals surface area contributed by atoms with Crippen molar-refractivity contribution in [1.82, 2.24) is 4.98 Å². The van der Waals surface area contributed by atoms with E-state index in [0.29, 0.717) is 25.4 Å². The van der Waals surface area contributed by atoms with Crippen LogP contribution in [0.4, 0.5) is 5.69 Å². The van der Waals surface area contributed by atoms with E-state index in [4.69, 9.17) is 9.84 Å². The molecule has 0 fully saturated rings. The predicted octanol–water partition coefficient (Wildman–Crippen LogP) is 1.74. The van der Waals surface area contributed by atoms with E-state index in [-0.39, 0.29) is 12.2 Å². The normalized spacial score (nSPS) is 10.7. The van der Waals surface area contributed by atoms with Crippen molar-refractivity contribution < 1.29 is 19.7 Å². The van der Waals surface area contributed by atoms with E-state index in [1.807, 2.05) is 24.3 Å². The molecule has 0 saturated heterocycles. The molecule has 0 unspecified atom stereocenters. The summed E-state index contributed by atoms with van der Waals surface area (Å²) in [6, 6.07) is 7.41. The third-order valence-corrected chi connectivity index (χ3v) is 3.01. The number of anilines is 1. The number of carbonyl (C=O) groups is 1. The molecule has 1 aromatic carbocycles. The number of carboxylic acids is 1. The first kappa shape index (κ1) is 15.2. The molecule has 2 aromatic rings. The molecule has 112 valence electrons. The highest BCUT2D eigenvalue weighted by Gasteiger charge is 2.13. The van der Waals surface area contributed by atoms with Crippen LogP contribution >= 0.6 is 0 Å². The number of aliphatic hydroxyl groups is 1. The summed E-state index contributed by atoms with van der Waals surface area (Å²) in [5, 5.41) is 21.8. The number of hydrogen-bond acceptors (Lipinski definition) is 5. The lowest BCUT2D eigenvalue weighted by molar-refractivity contribution is 0.0697. The Labute approximate surface area is 122 Å². The number of hydrogen-bond donors (Lipinski definition) is 3. The van der Waals surface area contributed by atoms with Crippen molar-refractivity contribution >= 4 is 22.6 Å². The van der Waals surface area contributed by atoms with Gasteiger partial charge in [-0.05, 0) is 12.5 Å². The number of aliphatic hydroxyl groups excluding tert-OH is 1. The quantitative estimate of drug-likeness (QED) is 0.641. The van der Waals surface area contributed by atoms with Gasteiger partial charge in [0.25, 0.3) is 0 Å². The fourth-order valence-corrected chi connectivity index (χ4v) is 2.05. The number of carboxylic acid groups (broad SMARTS) is 1. The zero-order valence-corrected chi connectivity index (χ0v) is 11.6. The zero-order valence-electron chi connectivity index (χ0n) is 11.6. The summed E-state index contributed by atoms with van der Waals surface area (Å²) in [7, 11) is 0. The Morgan fingerprint density at radius 1 is 1.29 bits per heavy atom. The van der Waals surface area contributed by atoms with Crippen LogP contribution in [0.25, 0.3) is 10.9 Å². The number of rotatable bonds is 8. The second kappa shape index (κ2) is 7.56. The Morgan fingerprint density at radius 2 is 2.10 bits per heavy atom. The molecule has 0 bridgehead atoms. The highest BCUT2D eigenvalue weighted by molar-refractivity contribution is 6.04. The average Bonchev–Trinajstić information content (AvgIpc) is 2.50. The maximum atomic E-state index is 11.3. The van der Waals surface area contributed by atoms with Gasteiger partial charge in [0, 0.05) is 24.7 Å². The zero-order chi connectivity index (χ0) is 15.1. The summed E-state index contributed by atoms with van der Waals surface area (Å²) < 4.78 is 5.17. The molecule has 1 aromatic heterocycles. The van der Waals surface area contributed by atoms with Crippen LogP contribution in [0.3, 0.4) is 0 Å². The van der Waals surface area contributed by atoms with Crippen molar-refractivity contribution in [1.29, 1.82) is 0 Å². The minimum Gasteiger partial charge on any atom is -0.478 e. The number of benzene rings is 1. The number of ether oxygens (including phenoxy) is 1. The van der Waals surface area contributed by atoms with Crippen LogP contribution < -0.4 is 5.32 Å². The molecule has 6 nitrogen and oxygen atoms in total. The Balaban J connectivity index is 2.12. The van der Waals surface area contributed by atoms with Crippen molar-refractivity contribution in [3.05, 3.63) is 36.0 Å². The van der Waals surface area contributed by atoms with Crippen LogP contribution in [0, 0.1) is 0 Å². The molecule has 1 heterocycles. The van der Waals surface area contributed by atoms with Gasteiger partial charge in [0.15, 0.2) is 0 Å². The maximum Gasteiger partial charge on any atom is 0.339 e. The molecule has 21 heavy (non-hydrogen) atoms. The van der Waals surface area contributed by atoms with E-state index in [1.165, 1.54) is 6.20 Å². The van der Waals surface area contributed by atoms with Gasteiger partial charge in [-0.3, -0.25) is 4.98 Å². The first-order chi connectivity index (χ1) is 10.2. The topological polar surface area (TPSA) is 91.7 Å². The minimum atomic E-state index is -1.01. The lowest BCUT2D eigenvalue weighted by Gasteiger charge is -2.12. The lowest BCUT2D eigenvalue weighted by atomic mass is 10.1. The highest BCUT2D eigenvalue weighted by Crippen LogP contribution is 2.25. The van der Waals surface area contributed by atoms with Gasteiger partial charge in [-0.25, -0.2) is 4.79 Å². The molecule has 0 aliphatic heterocycles. The number of aromatic carboxylic acids is 1. The minimum absolute atomic E-state index is 0.00554. The first-order valence-corrected chi connectivity index (χ1v) is 6.77. The molecule has 2 rings (SSSR count). The third kappa shape index (κ3) is 3.90. The van der Waals surface area contributed by atoms with Crippen LogP contribution in [-0.4, -0.2) is 47.5 Å². The van der Waals surface area contributed by atoms with Gasteiger partial charge in [-0.15, -0.1) is 0 Å². The fourth-order valence-electron chi connectivity index (χ4n) is 2.05. The van der Waals surface area contributed by atoms with Gasteiger partial charge in [-0.1, -0.05) is 18.2 Å². The molecule has 0 aliphatic rings. The summed E-state index contributed by atoms with van der Waals surface area (Å²) in [4.78, 5) is 15.5. The van der Waals surface area contributed by atoms with E-state index in [1.54, 1.807) is 0 Å². The molecule has 0 saturated carbocycles. The smallest absolute Gasteiger partial charge is 0.339 e. The molecule has 6 heteroatoms. The van der Waals surface area contributed by atoms with Crippen molar-refractivity contribution in [2.24, 2.45) is 0 Å². The van der Waals surface area contributed by atoms with Gasteiger partial charge < -0.3 is 20.3 Å². The maximum absolute atomic E-state index is 11.3. The summed E-state index contributed by atoms with van der Waals surface area (Å²) in [6.07, 6.45) is 2.09. The fraction of sp³-hybridized carbons (Fsp3) is 0.333. The molecule has 0 aliphatic carbocycles. The van der Waals surface area contributed by atoms with Crippen molar-refractivity contribution in [3.63, 3.8) is 0 Å². The molecule has 0 radical (unpaired) electrons. The van der Waals surface area contributed by atoms with Gasteiger partial charge in [0.2, 0.25) is 0 Å². The van der Waals surface area contributed by atoms with Gasteiger partial charge in [0.1, 0.15) is 5.56 Å². The Hall–Kier alpha value is -2.18. The van der Waals surface area contributed by atoms with Crippen LogP contribution in [0.2, 0.25) is 0 Å². The van der Waals surface area contributed by atoms with E-state index in [0.717, 1.165) is 17.3 Å². The standard InChI is InChI=1S/C15H18N2O4/c18-7-9-21-8-3-6-16-14-11-4-1-2-5-13(11)17-10-12(14)15(19)20/h1-2,4-5,10,18H,3,6-9H2,(H,16,17)(H,19,20). The second-order valence-corrected chi connectivity index (χ2v) is 4.49. The Morgan fingerprint density at radius 3 is 2.86 bits per heavy atom. The number of fused-ring (bicyclic) bond motifs is 1. The van der Waals surface area contributed by atoms with E-state index in [9.17, 15) is 9.90 Å². The van der Waals surface area contributed by atoms with E-state index in [2.05, 4.69) is 10.3 Å². The molecule has 0 atom stereocenters. The SMILES string of the molecule is O=C(O)c1cnc2ccccc2c1NCCCOCCO. The number of nitrogens with one attached hydrogen (secondary N) is 1. The predicted molar refractivity (Wildman–Crippen MR) is 79.7 cm³/mol. The molecule has 3 N–H and O–H groups in total. The van der Waals surface area contributed by atoms with Crippen LogP contribution in [0.15, 0.2) is 30.5 Å². The van der Waals surface area contributed by atoms with E-state index < -0.39 is 5.97 Å². The Bertz CT molecular complexity index is 616. The van der Waals surface area contributed by atoms with Gasteiger partial charge in [-0.2, -0.15) is 0 Å². The summed E-state index contributed by atoms with van der Waals surface area (Å²) in [5.74, 6) is -1.01. The Kier molecular flexibility index (Phi) is 5.48. The van der Waals surface area contributed by atoms with Crippen LogP contribution in [0.1, 0.15) is 16.8 Å². The molecule has 0 amide bonds. The summed E-state index contributed by atoms with van der Waals surface area (Å²) >= 11 is 0. The molecular weight excluding hydrogens is 272 g/mol. The van der Waals surface area contributed by atoms with E-state index >= 15 is 0 Å². The average molecular weight is 290 g/mol.